The van der Waals surface area contributed by atoms with E-state index in [-0.39, 0.29) is 18.3 Å². The second kappa shape index (κ2) is 7.88. The van der Waals surface area contributed by atoms with Crippen molar-refractivity contribution in [3.8, 4) is 5.69 Å². The standard InChI is InChI=1S/C22H28N4O.ClH/c1-15-6-8-17(9-7-15)26-20-5-3-2-4-19(20)21(24-26)22(27)25-16-10-11-18(25)14-23-13-12-16;/h6-9,16,18,23H,2-5,10-14H2,1H3;1H. The molecule has 2 unspecified atom stereocenters. The summed E-state index contributed by atoms with van der Waals surface area (Å²) < 4.78 is 2.04. The Hall–Kier alpha value is -1.85. The number of carbonyl (C=O) groups is 1. The molecule has 0 spiro atoms. The van der Waals surface area contributed by atoms with Gasteiger partial charge in [0.2, 0.25) is 0 Å². The Morgan fingerprint density at radius 2 is 1.82 bits per heavy atom. The molecule has 28 heavy (non-hydrogen) atoms. The van der Waals surface area contributed by atoms with Crippen molar-refractivity contribution in [2.24, 2.45) is 0 Å². The van der Waals surface area contributed by atoms with Crippen LogP contribution in [0, 0.1) is 6.92 Å². The van der Waals surface area contributed by atoms with E-state index >= 15 is 0 Å². The summed E-state index contributed by atoms with van der Waals surface area (Å²) in [6, 6.07) is 9.17. The molecular formula is C22H29ClN4O. The van der Waals surface area contributed by atoms with Gasteiger partial charge in [-0.05, 0) is 70.5 Å². The van der Waals surface area contributed by atoms with Crippen molar-refractivity contribution in [3.05, 3.63) is 46.8 Å². The van der Waals surface area contributed by atoms with Crippen LogP contribution in [0.5, 0.6) is 0 Å². The van der Waals surface area contributed by atoms with Gasteiger partial charge in [0.1, 0.15) is 0 Å². The van der Waals surface area contributed by atoms with Crippen molar-refractivity contribution in [2.45, 2.75) is 64.0 Å². The molecule has 1 N–H and O–H groups in total. The van der Waals surface area contributed by atoms with Crippen molar-refractivity contribution in [2.75, 3.05) is 13.1 Å². The minimum Gasteiger partial charge on any atom is -0.330 e. The van der Waals surface area contributed by atoms with Crippen molar-refractivity contribution in [1.29, 1.82) is 0 Å². The van der Waals surface area contributed by atoms with Gasteiger partial charge in [0.05, 0.1) is 5.69 Å². The third kappa shape index (κ3) is 3.25. The van der Waals surface area contributed by atoms with Crippen LogP contribution in [-0.2, 0) is 12.8 Å². The summed E-state index contributed by atoms with van der Waals surface area (Å²) in [5.41, 5.74) is 5.46. The first-order chi connectivity index (χ1) is 13.2. The van der Waals surface area contributed by atoms with Gasteiger partial charge in [0.25, 0.3) is 5.91 Å². The summed E-state index contributed by atoms with van der Waals surface area (Å²) in [4.78, 5) is 15.8. The van der Waals surface area contributed by atoms with Crippen LogP contribution < -0.4 is 5.32 Å². The smallest absolute Gasteiger partial charge is 0.275 e. The lowest BCUT2D eigenvalue weighted by Crippen LogP contribution is -2.43. The van der Waals surface area contributed by atoms with Crippen molar-refractivity contribution in [1.82, 2.24) is 20.0 Å². The zero-order valence-electron chi connectivity index (χ0n) is 16.5. The molecule has 2 fully saturated rings. The first-order valence-electron chi connectivity index (χ1n) is 10.4. The van der Waals surface area contributed by atoms with Crippen molar-refractivity contribution >= 4 is 18.3 Å². The number of hydrogen-bond acceptors (Lipinski definition) is 3. The molecule has 5 rings (SSSR count). The molecule has 1 aromatic carbocycles. The number of nitrogens with zero attached hydrogens (tertiary/aromatic N) is 3. The van der Waals surface area contributed by atoms with Crippen LogP contribution in [0.1, 0.15) is 59.4 Å². The minimum absolute atomic E-state index is 0. The lowest BCUT2D eigenvalue weighted by atomic mass is 9.95. The summed E-state index contributed by atoms with van der Waals surface area (Å²) in [7, 11) is 0. The number of aryl methyl sites for hydroxylation is 1. The molecule has 2 bridgehead atoms. The number of benzene rings is 1. The van der Waals surface area contributed by atoms with Gasteiger partial charge in [-0.15, -0.1) is 12.4 Å². The van der Waals surface area contributed by atoms with E-state index in [4.69, 9.17) is 5.10 Å². The van der Waals surface area contributed by atoms with E-state index < -0.39 is 0 Å². The maximum absolute atomic E-state index is 13.6. The second-order valence-corrected chi connectivity index (χ2v) is 8.32. The summed E-state index contributed by atoms with van der Waals surface area (Å²) >= 11 is 0. The predicted octanol–water partition coefficient (Wildman–Crippen LogP) is 3.45. The Morgan fingerprint density at radius 3 is 2.64 bits per heavy atom. The molecule has 0 radical (unpaired) electrons. The molecule has 1 amide bonds. The van der Waals surface area contributed by atoms with Gasteiger partial charge in [-0.3, -0.25) is 4.79 Å². The van der Waals surface area contributed by atoms with E-state index in [0.717, 1.165) is 57.3 Å². The molecule has 2 saturated heterocycles. The lowest BCUT2D eigenvalue weighted by molar-refractivity contribution is 0.0672. The van der Waals surface area contributed by atoms with Gasteiger partial charge >= 0.3 is 0 Å². The lowest BCUT2D eigenvalue weighted by Gasteiger charge is -2.27. The summed E-state index contributed by atoms with van der Waals surface area (Å²) in [5, 5.41) is 8.39. The third-order valence-electron chi connectivity index (χ3n) is 6.55. The van der Waals surface area contributed by atoms with Gasteiger partial charge < -0.3 is 10.2 Å². The van der Waals surface area contributed by atoms with Gasteiger partial charge in [0.15, 0.2) is 5.69 Å². The highest BCUT2D eigenvalue weighted by atomic mass is 35.5. The Bertz CT molecular complexity index is 846. The normalized spacial score (nSPS) is 23.7. The van der Waals surface area contributed by atoms with E-state index in [1.54, 1.807) is 0 Å². The van der Waals surface area contributed by atoms with E-state index in [1.807, 2.05) is 4.68 Å². The summed E-state index contributed by atoms with van der Waals surface area (Å²) in [6.45, 7) is 4.03. The van der Waals surface area contributed by atoms with Gasteiger partial charge in [0, 0.05) is 29.9 Å². The van der Waals surface area contributed by atoms with Gasteiger partial charge in [-0.25, -0.2) is 4.68 Å². The van der Waals surface area contributed by atoms with Crippen molar-refractivity contribution in [3.63, 3.8) is 0 Å². The molecule has 2 atom stereocenters. The maximum atomic E-state index is 13.6. The average molecular weight is 401 g/mol. The quantitative estimate of drug-likeness (QED) is 0.839. The van der Waals surface area contributed by atoms with E-state index in [1.165, 1.54) is 23.2 Å². The molecule has 3 aliphatic rings. The summed E-state index contributed by atoms with van der Waals surface area (Å²) in [5.74, 6) is 0.162. The van der Waals surface area contributed by atoms with Crippen LogP contribution in [0.4, 0.5) is 0 Å². The number of hydrogen-bond donors (Lipinski definition) is 1. The SMILES string of the molecule is Cc1ccc(-n2nc(C(=O)N3C4CCNCC3CC4)c3c2CCCC3)cc1.Cl. The Morgan fingerprint density at radius 1 is 1.07 bits per heavy atom. The molecule has 5 nitrogen and oxygen atoms in total. The van der Waals surface area contributed by atoms with Gasteiger partial charge in [-0.2, -0.15) is 5.10 Å². The topological polar surface area (TPSA) is 50.2 Å². The van der Waals surface area contributed by atoms with Crippen LogP contribution in [0.25, 0.3) is 5.69 Å². The first-order valence-corrected chi connectivity index (χ1v) is 10.4. The van der Waals surface area contributed by atoms with Crippen molar-refractivity contribution < 1.29 is 4.79 Å². The minimum atomic E-state index is 0. The number of rotatable bonds is 2. The zero-order valence-corrected chi connectivity index (χ0v) is 17.3. The number of nitrogens with one attached hydrogen (secondary N) is 1. The highest BCUT2D eigenvalue weighted by Gasteiger charge is 2.40. The Kier molecular flexibility index (Phi) is 5.48. The number of carbonyl (C=O) groups excluding carboxylic acids is 1. The van der Waals surface area contributed by atoms with Crippen LogP contribution in [0.2, 0.25) is 0 Å². The average Bonchev–Trinajstić information content (AvgIpc) is 3.18. The number of halogens is 1. The largest absolute Gasteiger partial charge is 0.330 e. The number of aromatic nitrogens is 2. The molecule has 6 heteroatoms. The molecule has 150 valence electrons. The van der Waals surface area contributed by atoms with Crippen LogP contribution >= 0.6 is 12.4 Å². The fourth-order valence-electron chi connectivity index (χ4n) is 5.11. The highest BCUT2D eigenvalue weighted by Crippen LogP contribution is 2.33. The van der Waals surface area contributed by atoms with Gasteiger partial charge in [-0.1, -0.05) is 17.7 Å². The summed E-state index contributed by atoms with van der Waals surface area (Å²) in [6.07, 6.45) is 7.63. The van der Waals surface area contributed by atoms with E-state index in [0.29, 0.717) is 17.8 Å². The monoisotopic (exact) mass is 400 g/mol. The van der Waals surface area contributed by atoms with Crippen LogP contribution in [0.3, 0.4) is 0 Å². The van der Waals surface area contributed by atoms with Crippen LogP contribution in [-0.4, -0.2) is 45.8 Å². The molecule has 1 aromatic heterocycles. The first kappa shape index (κ1) is 19.5. The molecule has 0 saturated carbocycles. The number of amides is 1. The molecule has 3 heterocycles. The van der Waals surface area contributed by atoms with E-state index in [9.17, 15) is 4.79 Å². The third-order valence-corrected chi connectivity index (χ3v) is 6.55. The second-order valence-electron chi connectivity index (χ2n) is 8.32. The maximum Gasteiger partial charge on any atom is 0.275 e. The fraction of sp³-hybridized carbons (Fsp3) is 0.545. The molecule has 1 aliphatic carbocycles. The highest BCUT2D eigenvalue weighted by molar-refractivity contribution is 5.95. The Balaban J connectivity index is 0.00000192. The molecule has 2 aliphatic heterocycles. The fourth-order valence-corrected chi connectivity index (χ4v) is 5.11. The predicted molar refractivity (Wildman–Crippen MR) is 113 cm³/mol. The van der Waals surface area contributed by atoms with E-state index in [2.05, 4.69) is 41.4 Å². The van der Waals surface area contributed by atoms with Crippen LogP contribution in [0.15, 0.2) is 24.3 Å². The zero-order chi connectivity index (χ0) is 18.4. The Labute approximate surface area is 172 Å². The molecular weight excluding hydrogens is 372 g/mol. The molecule has 2 aromatic rings. The number of fused-ring (bicyclic) bond motifs is 3.